The van der Waals surface area contributed by atoms with Crippen molar-refractivity contribution in [2.45, 2.75) is 24.5 Å². The van der Waals surface area contributed by atoms with E-state index in [4.69, 9.17) is 9.84 Å². The van der Waals surface area contributed by atoms with Crippen LogP contribution in [-0.4, -0.2) is 59.8 Å². The van der Waals surface area contributed by atoms with Crippen LogP contribution in [0.4, 0.5) is 4.39 Å². The van der Waals surface area contributed by atoms with Crippen LogP contribution in [0.25, 0.3) is 11.2 Å². The molecule has 1 saturated heterocycles. The van der Waals surface area contributed by atoms with Crippen molar-refractivity contribution < 1.29 is 24.4 Å². The van der Waals surface area contributed by atoms with E-state index in [1.165, 1.54) is 0 Å². The highest BCUT2D eigenvalue weighted by Crippen LogP contribution is 2.30. The predicted molar refractivity (Wildman–Crippen MR) is 61.1 cm³/mol. The second-order valence-electron chi connectivity index (χ2n) is 4.41. The summed E-state index contributed by atoms with van der Waals surface area (Å²) in [6.07, 6.45) is -4.74. The first-order chi connectivity index (χ1) is 9.52. The van der Waals surface area contributed by atoms with Gasteiger partial charge < -0.3 is 20.1 Å². The molecule has 1 aliphatic heterocycles. The molecule has 0 spiro atoms. The number of aromatic nitrogens is 4. The Morgan fingerprint density at radius 1 is 1.45 bits per heavy atom. The number of nitrogens with one attached hydrogen (secondary N) is 1. The number of H-pyrrole nitrogens is 1. The number of hydrogen-bond acceptors (Lipinski definition) is 7. The van der Waals surface area contributed by atoms with Crippen LogP contribution >= 0.6 is 0 Å². The lowest BCUT2D eigenvalue weighted by molar-refractivity contribution is -0.0511. The van der Waals surface area contributed by atoms with Crippen LogP contribution in [0, 0.1) is 6.08 Å². The number of hydrogen-bond donors (Lipinski definition) is 4. The molecule has 0 aliphatic carbocycles. The summed E-state index contributed by atoms with van der Waals surface area (Å²) in [5.74, 6) is 0. The van der Waals surface area contributed by atoms with Gasteiger partial charge in [0, 0.05) is 0 Å². The average Bonchev–Trinajstić information content (AvgIpc) is 2.93. The van der Waals surface area contributed by atoms with Crippen LogP contribution < -0.4 is 5.56 Å². The van der Waals surface area contributed by atoms with E-state index in [0.29, 0.717) is 0 Å². The standard InChI is InChI=1S/C10H11FN4O5/c11-10-13-7-4(8(19)14-10)12-2-15(7)9-6(18)5(17)3(1-16)20-9/h2-3,5-6,9,16-18H,1H2,(H,13,14,19)/t3-,5?,6?,9-/m1/s1. The van der Waals surface area contributed by atoms with Gasteiger partial charge in [0.2, 0.25) is 0 Å². The van der Waals surface area contributed by atoms with Crippen LogP contribution in [0.5, 0.6) is 0 Å². The van der Waals surface area contributed by atoms with E-state index in [-0.39, 0.29) is 11.2 Å². The number of imidazole rings is 1. The maximum Gasteiger partial charge on any atom is 0.291 e. The van der Waals surface area contributed by atoms with Crippen molar-refractivity contribution in [3.05, 3.63) is 22.8 Å². The lowest BCUT2D eigenvalue weighted by atomic mass is 10.1. The maximum atomic E-state index is 13.2. The molecular formula is C10H11FN4O5. The second-order valence-corrected chi connectivity index (χ2v) is 4.41. The SMILES string of the molecule is O=c1[nH]c(F)nc2c1ncn2[C@@H]1O[C@H](CO)C(O)C1O. The Morgan fingerprint density at radius 2 is 2.20 bits per heavy atom. The molecule has 1 aliphatic rings. The lowest BCUT2D eigenvalue weighted by Crippen LogP contribution is -2.33. The average molecular weight is 286 g/mol. The number of ether oxygens (including phenoxy) is 1. The molecular weight excluding hydrogens is 275 g/mol. The van der Waals surface area contributed by atoms with Gasteiger partial charge in [-0.3, -0.25) is 14.3 Å². The first kappa shape index (κ1) is 13.1. The molecule has 0 bridgehead atoms. The monoisotopic (exact) mass is 286 g/mol. The third kappa shape index (κ3) is 1.81. The Balaban J connectivity index is 2.09. The molecule has 20 heavy (non-hydrogen) atoms. The van der Waals surface area contributed by atoms with Gasteiger partial charge >= 0.3 is 0 Å². The summed E-state index contributed by atoms with van der Waals surface area (Å²) >= 11 is 0. The van der Waals surface area contributed by atoms with Gasteiger partial charge in [0.1, 0.15) is 18.3 Å². The number of rotatable bonds is 2. The maximum absolute atomic E-state index is 13.2. The summed E-state index contributed by atoms with van der Waals surface area (Å²) in [7, 11) is 0. The first-order valence-electron chi connectivity index (χ1n) is 5.77. The lowest BCUT2D eigenvalue weighted by Gasteiger charge is -2.16. The third-order valence-corrected chi connectivity index (χ3v) is 3.19. The molecule has 0 aromatic carbocycles. The molecule has 2 aromatic rings. The van der Waals surface area contributed by atoms with E-state index in [1.54, 1.807) is 0 Å². The van der Waals surface area contributed by atoms with E-state index >= 15 is 0 Å². The van der Waals surface area contributed by atoms with E-state index in [0.717, 1.165) is 10.9 Å². The topological polar surface area (TPSA) is 133 Å². The van der Waals surface area contributed by atoms with Gasteiger partial charge in [0.25, 0.3) is 11.6 Å². The molecule has 10 heteroatoms. The van der Waals surface area contributed by atoms with Crippen molar-refractivity contribution in [2.75, 3.05) is 6.61 Å². The fourth-order valence-corrected chi connectivity index (χ4v) is 2.20. The molecule has 2 unspecified atom stereocenters. The van der Waals surface area contributed by atoms with E-state index in [2.05, 4.69) is 9.97 Å². The Bertz CT molecular complexity index is 701. The van der Waals surface area contributed by atoms with Crippen molar-refractivity contribution in [1.29, 1.82) is 0 Å². The number of aliphatic hydroxyl groups excluding tert-OH is 3. The minimum atomic E-state index is -1.37. The van der Waals surface area contributed by atoms with Crippen LogP contribution in [0.3, 0.4) is 0 Å². The molecule has 1 fully saturated rings. The molecule has 0 amide bonds. The molecule has 4 N–H and O–H groups in total. The zero-order chi connectivity index (χ0) is 14.4. The minimum Gasteiger partial charge on any atom is -0.394 e. The van der Waals surface area contributed by atoms with E-state index in [9.17, 15) is 19.4 Å². The Morgan fingerprint density at radius 3 is 2.85 bits per heavy atom. The van der Waals surface area contributed by atoms with Crippen molar-refractivity contribution in [1.82, 2.24) is 19.5 Å². The molecule has 0 saturated carbocycles. The van der Waals surface area contributed by atoms with Gasteiger partial charge in [-0.05, 0) is 0 Å². The minimum absolute atomic E-state index is 0.121. The molecule has 3 rings (SSSR count). The summed E-state index contributed by atoms with van der Waals surface area (Å²) in [5, 5.41) is 28.6. The summed E-state index contributed by atoms with van der Waals surface area (Å²) in [5.41, 5.74) is -1.01. The Labute approximate surface area is 110 Å². The van der Waals surface area contributed by atoms with Crippen LogP contribution in [0.15, 0.2) is 11.1 Å². The van der Waals surface area contributed by atoms with Gasteiger partial charge in [-0.25, -0.2) is 4.98 Å². The molecule has 3 heterocycles. The molecule has 108 valence electrons. The highest BCUT2D eigenvalue weighted by Gasteiger charge is 2.44. The van der Waals surface area contributed by atoms with E-state index < -0.39 is 42.8 Å². The summed E-state index contributed by atoms with van der Waals surface area (Å²) in [6, 6.07) is 0. The van der Waals surface area contributed by atoms with Gasteiger partial charge in [-0.1, -0.05) is 0 Å². The highest BCUT2D eigenvalue weighted by atomic mass is 19.1. The van der Waals surface area contributed by atoms with Gasteiger partial charge in [-0.15, -0.1) is 0 Å². The highest BCUT2D eigenvalue weighted by molar-refractivity contribution is 5.69. The summed E-state index contributed by atoms with van der Waals surface area (Å²) in [6.45, 7) is -0.496. The van der Waals surface area contributed by atoms with Gasteiger partial charge in [0.05, 0.1) is 12.9 Å². The van der Waals surface area contributed by atoms with Gasteiger partial charge in [0.15, 0.2) is 17.4 Å². The van der Waals surface area contributed by atoms with E-state index in [1.807, 2.05) is 4.98 Å². The first-order valence-corrected chi connectivity index (χ1v) is 5.77. The fraction of sp³-hybridized carbons (Fsp3) is 0.500. The Kier molecular flexibility index (Phi) is 3.01. The number of aromatic amines is 1. The quantitative estimate of drug-likeness (QED) is 0.463. The Hall–Kier alpha value is -1.88. The summed E-state index contributed by atoms with van der Waals surface area (Å²) < 4.78 is 19.6. The molecule has 0 radical (unpaired) electrons. The normalized spacial score (nSPS) is 30.2. The number of halogens is 1. The number of nitrogens with zero attached hydrogens (tertiary/aromatic N) is 3. The zero-order valence-electron chi connectivity index (χ0n) is 9.97. The van der Waals surface area contributed by atoms with Crippen molar-refractivity contribution in [3.63, 3.8) is 0 Å². The predicted octanol–water partition coefficient (Wildman–Crippen LogP) is -2.13. The third-order valence-electron chi connectivity index (χ3n) is 3.19. The molecule has 9 nitrogen and oxygen atoms in total. The zero-order valence-corrected chi connectivity index (χ0v) is 9.97. The smallest absolute Gasteiger partial charge is 0.291 e. The summed E-state index contributed by atoms with van der Waals surface area (Å²) in [4.78, 5) is 20.6. The fourth-order valence-electron chi connectivity index (χ4n) is 2.20. The second kappa shape index (κ2) is 4.59. The van der Waals surface area contributed by atoms with Crippen LogP contribution in [-0.2, 0) is 4.74 Å². The largest absolute Gasteiger partial charge is 0.394 e. The molecule has 4 atom stereocenters. The van der Waals surface area contributed by atoms with Gasteiger partial charge in [-0.2, -0.15) is 9.37 Å². The van der Waals surface area contributed by atoms with Crippen molar-refractivity contribution in [3.8, 4) is 0 Å². The number of fused-ring (bicyclic) bond motifs is 1. The van der Waals surface area contributed by atoms with Crippen molar-refractivity contribution >= 4 is 11.2 Å². The number of aliphatic hydroxyl groups is 3. The molecule has 2 aromatic heterocycles. The van der Waals surface area contributed by atoms with Crippen LogP contribution in [0.1, 0.15) is 6.23 Å². The van der Waals surface area contributed by atoms with Crippen LogP contribution in [0.2, 0.25) is 0 Å². The van der Waals surface area contributed by atoms with Crippen molar-refractivity contribution in [2.24, 2.45) is 0 Å².